The van der Waals surface area contributed by atoms with E-state index in [1.165, 1.54) is 5.56 Å². The molecule has 1 aliphatic rings. The van der Waals surface area contributed by atoms with Crippen molar-refractivity contribution in [1.82, 2.24) is 19.2 Å². The van der Waals surface area contributed by atoms with Crippen LogP contribution < -0.4 is 0 Å². The van der Waals surface area contributed by atoms with E-state index < -0.39 is 9.84 Å². The summed E-state index contributed by atoms with van der Waals surface area (Å²) < 4.78 is 28.7. The standard InChI is InChI=1S/C23H36N4O2S2/c1-7-26-21(18-8-10-19(11-9-18)23(4,5)6)24-27(22(26)30)16-25(14-17(2)3)20-12-13-31(28,29)15-20/h8-11,17,20H,7,12-16H2,1-6H3/t20-/m1/s1. The minimum atomic E-state index is -2.95. The first kappa shape index (κ1) is 24.1. The lowest BCUT2D eigenvalue weighted by Crippen LogP contribution is -2.40. The van der Waals surface area contributed by atoms with E-state index in [2.05, 4.69) is 75.3 Å². The molecule has 3 rings (SSSR count). The van der Waals surface area contributed by atoms with Crippen LogP contribution in [-0.2, 0) is 28.5 Å². The summed E-state index contributed by atoms with van der Waals surface area (Å²) in [5.41, 5.74) is 2.42. The molecule has 1 atom stereocenters. The Bertz CT molecular complexity index is 1060. The summed E-state index contributed by atoms with van der Waals surface area (Å²) in [5, 5.41) is 4.88. The second-order valence-electron chi connectivity index (χ2n) is 10.0. The average Bonchev–Trinajstić information content (AvgIpc) is 3.19. The summed E-state index contributed by atoms with van der Waals surface area (Å²) in [6.07, 6.45) is 0.679. The first-order chi connectivity index (χ1) is 14.4. The van der Waals surface area contributed by atoms with Gasteiger partial charge < -0.3 is 4.57 Å². The maximum atomic E-state index is 12.1. The van der Waals surface area contributed by atoms with Gasteiger partial charge in [0.2, 0.25) is 0 Å². The SMILES string of the molecule is CCn1c(-c2ccc(C(C)(C)C)cc2)nn(CN(CC(C)C)[C@@H]2CCS(=O)(=O)C2)c1=S. The molecule has 172 valence electrons. The molecule has 0 unspecified atom stereocenters. The Morgan fingerprint density at radius 1 is 1.23 bits per heavy atom. The summed E-state index contributed by atoms with van der Waals surface area (Å²) in [6, 6.07) is 8.57. The van der Waals surface area contributed by atoms with Crippen LogP contribution in [0.5, 0.6) is 0 Å². The third kappa shape index (κ3) is 5.65. The van der Waals surface area contributed by atoms with Crippen LogP contribution in [0.2, 0.25) is 0 Å². The van der Waals surface area contributed by atoms with E-state index in [1.54, 1.807) is 0 Å². The maximum absolute atomic E-state index is 12.1. The van der Waals surface area contributed by atoms with Gasteiger partial charge in [-0.25, -0.2) is 13.1 Å². The van der Waals surface area contributed by atoms with Crippen LogP contribution >= 0.6 is 12.2 Å². The van der Waals surface area contributed by atoms with Crippen LogP contribution in [0.3, 0.4) is 0 Å². The molecule has 1 aromatic heterocycles. The first-order valence-corrected chi connectivity index (χ1v) is 13.4. The molecule has 1 fully saturated rings. The minimum absolute atomic E-state index is 0.0237. The normalized spacial score (nSPS) is 18.9. The molecular formula is C23H36N4O2S2. The van der Waals surface area contributed by atoms with Crippen molar-refractivity contribution in [3.05, 3.63) is 34.6 Å². The topological polar surface area (TPSA) is 60.1 Å². The molecule has 0 N–H and O–H groups in total. The van der Waals surface area contributed by atoms with Crippen LogP contribution in [0.15, 0.2) is 24.3 Å². The smallest absolute Gasteiger partial charge is 0.199 e. The molecular weight excluding hydrogens is 428 g/mol. The zero-order valence-corrected chi connectivity index (χ0v) is 21.3. The van der Waals surface area contributed by atoms with Crippen LogP contribution in [0.4, 0.5) is 0 Å². The molecule has 1 aromatic carbocycles. The van der Waals surface area contributed by atoms with Gasteiger partial charge in [0.05, 0.1) is 18.2 Å². The summed E-state index contributed by atoms with van der Waals surface area (Å²) in [4.78, 5) is 2.24. The minimum Gasteiger partial charge on any atom is -0.300 e. The summed E-state index contributed by atoms with van der Waals surface area (Å²) >= 11 is 5.77. The molecule has 6 nitrogen and oxygen atoms in total. The molecule has 0 amide bonds. The summed E-state index contributed by atoms with van der Waals surface area (Å²) in [7, 11) is -2.95. The molecule has 0 radical (unpaired) electrons. The average molecular weight is 465 g/mol. The molecule has 1 saturated heterocycles. The zero-order chi connectivity index (χ0) is 23.0. The van der Waals surface area contributed by atoms with E-state index in [-0.39, 0.29) is 23.0 Å². The van der Waals surface area contributed by atoms with Crippen molar-refractivity contribution in [3.63, 3.8) is 0 Å². The summed E-state index contributed by atoms with van der Waals surface area (Å²) in [5.74, 6) is 1.78. The lowest BCUT2D eigenvalue weighted by atomic mass is 9.87. The van der Waals surface area contributed by atoms with Gasteiger partial charge in [-0.15, -0.1) is 0 Å². The predicted octanol–water partition coefficient (Wildman–Crippen LogP) is 4.50. The highest BCUT2D eigenvalue weighted by atomic mass is 32.2. The number of rotatable bonds is 7. The van der Waals surface area contributed by atoms with Gasteiger partial charge >= 0.3 is 0 Å². The number of hydrogen-bond acceptors (Lipinski definition) is 5. The first-order valence-electron chi connectivity index (χ1n) is 11.1. The second-order valence-corrected chi connectivity index (χ2v) is 12.6. The highest BCUT2D eigenvalue weighted by molar-refractivity contribution is 7.91. The number of hydrogen-bond donors (Lipinski definition) is 0. The second kappa shape index (κ2) is 9.16. The third-order valence-corrected chi connectivity index (χ3v) is 8.07. The van der Waals surface area contributed by atoms with Crippen LogP contribution in [0.25, 0.3) is 11.4 Å². The maximum Gasteiger partial charge on any atom is 0.199 e. The van der Waals surface area contributed by atoms with E-state index in [0.717, 1.165) is 24.5 Å². The summed E-state index contributed by atoms with van der Waals surface area (Å²) in [6.45, 7) is 15.1. The monoisotopic (exact) mass is 464 g/mol. The van der Waals surface area contributed by atoms with Gasteiger partial charge in [-0.1, -0.05) is 58.9 Å². The zero-order valence-electron chi connectivity index (χ0n) is 19.6. The molecule has 0 saturated carbocycles. The van der Waals surface area contributed by atoms with Gasteiger partial charge in [0.25, 0.3) is 0 Å². The predicted molar refractivity (Wildman–Crippen MR) is 129 cm³/mol. The van der Waals surface area contributed by atoms with Gasteiger partial charge in [-0.2, -0.15) is 5.10 Å². The van der Waals surface area contributed by atoms with Crippen molar-refractivity contribution in [2.24, 2.45) is 5.92 Å². The van der Waals surface area contributed by atoms with Gasteiger partial charge in [-0.05, 0) is 42.5 Å². The van der Waals surface area contributed by atoms with Gasteiger partial charge in [-0.3, -0.25) is 4.90 Å². The molecule has 0 spiro atoms. The van der Waals surface area contributed by atoms with E-state index >= 15 is 0 Å². The highest BCUT2D eigenvalue weighted by Gasteiger charge is 2.33. The fourth-order valence-corrected chi connectivity index (χ4v) is 6.25. The fourth-order valence-electron chi connectivity index (χ4n) is 4.18. The Labute approximate surface area is 192 Å². The Kier molecular flexibility index (Phi) is 7.13. The lowest BCUT2D eigenvalue weighted by Gasteiger charge is -2.29. The van der Waals surface area contributed by atoms with Crippen LogP contribution in [0, 0.1) is 10.7 Å². The van der Waals surface area contributed by atoms with E-state index in [9.17, 15) is 8.42 Å². The van der Waals surface area contributed by atoms with Crippen LogP contribution in [0.1, 0.15) is 53.5 Å². The van der Waals surface area contributed by atoms with Crippen molar-refractivity contribution in [1.29, 1.82) is 0 Å². The number of sulfone groups is 1. The number of nitrogens with zero attached hydrogens (tertiary/aromatic N) is 4. The van der Waals surface area contributed by atoms with Crippen molar-refractivity contribution in [2.75, 3.05) is 18.1 Å². The Balaban J connectivity index is 1.93. The van der Waals surface area contributed by atoms with Crippen molar-refractivity contribution < 1.29 is 8.42 Å². The van der Waals surface area contributed by atoms with E-state index in [1.807, 2.05) is 4.68 Å². The van der Waals surface area contributed by atoms with E-state index in [0.29, 0.717) is 23.8 Å². The third-order valence-electron chi connectivity index (χ3n) is 5.89. The molecule has 31 heavy (non-hydrogen) atoms. The van der Waals surface area contributed by atoms with Crippen molar-refractivity contribution >= 4 is 22.1 Å². The fraction of sp³-hybridized carbons (Fsp3) is 0.652. The van der Waals surface area contributed by atoms with Gasteiger partial charge in [0.15, 0.2) is 20.4 Å². The molecule has 2 heterocycles. The van der Waals surface area contributed by atoms with Crippen molar-refractivity contribution in [2.45, 2.75) is 72.6 Å². The van der Waals surface area contributed by atoms with Gasteiger partial charge in [0, 0.05) is 24.7 Å². The lowest BCUT2D eigenvalue weighted by molar-refractivity contribution is 0.137. The Morgan fingerprint density at radius 3 is 2.35 bits per heavy atom. The molecule has 1 aliphatic heterocycles. The quantitative estimate of drug-likeness (QED) is 0.565. The molecule has 0 aliphatic carbocycles. The molecule has 8 heteroatoms. The van der Waals surface area contributed by atoms with Gasteiger partial charge in [0.1, 0.15) is 0 Å². The highest BCUT2D eigenvalue weighted by Crippen LogP contribution is 2.26. The Hall–Kier alpha value is -1.51. The van der Waals surface area contributed by atoms with Crippen LogP contribution in [-0.4, -0.2) is 51.8 Å². The Morgan fingerprint density at radius 2 is 1.87 bits per heavy atom. The van der Waals surface area contributed by atoms with Crippen molar-refractivity contribution in [3.8, 4) is 11.4 Å². The largest absolute Gasteiger partial charge is 0.300 e. The molecule has 2 aromatic rings. The number of aromatic nitrogens is 3. The van der Waals surface area contributed by atoms with E-state index in [4.69, 9.17) is 17.3 Å². The number of benzene rings is 1. The molecule has 0 bridgehead atoms.